The van der Waals surface area contributed by atoms with Gasteiger partial charge >= 0.3 is 112 Å². The van der Waals surface area contributed by atoms with Gasteiger partial charge < -0.3 is 24.8 Å². The maximum atomic E-state index is 4.04. The Hall–Kier alpha value is -4.00. The SMILES string of the molecule is CCCCc1ccccc1-c1[c-]c2c(cc1C(C)(C)C)-c1cc(C(C)(C)C)c(-c3ccccc3CCCC)cc1C2.[Cl-].[Cl-].[Zr+2]=[C](Cc1ccccc1)Cc1ccccc1.c1cc[cH-]c1. The molecule has 3 heteroatoms. The Morgan fingerprint density at radius 2 is 1.00 bits per heavy atom. The van der Waals surface area contributed by atoms with E-state index in [1.165, 1.54) is 104 Å². The minimum absolute atomic E-state index is 0. The zero-order valence-electron chi connectivity index (χ0n) is 39.6. The molecule has 0 aromatic heterocycles. The summed E-state index contributed by atoms with van der Waals surface area (Å²) >= 11 is 1.55. The van der Waals surface area contributed by atoms with E-state index in [0.29, 0.717) is 0 Å². The van der Waals surface area contributed by atoms with Crippen LogP contribution >= 0.6 is 0 Å². The second kappa shape index (κ2) is 25.1. The largest absolute Gasteiger partial charge is 0.214 e. The molecule has 0 saturated carbocycles. The van der Waals surface area contributed by atoms with Gasteiger partial charge in [-0.1, -0.05) is 158 Å². The van der Waals surface area contributed by atoms with Crippen molar-refractivity contribution >= 4 is 3.21 Å². The molecule has 0 amide bonds. The average Bonchev–Trinajstić information content (AvgIpc) is 3.97. The van der Waals surface area contributed by atoms with Crippen molar-refractivity contribution in [3.05, 3.63) is 208 Å². The summed E-state index contributed by atoms with van der Waals surface area (Å²) in [7, 11) is 0. The number of rotatable bonds is 12. The van der Waals surface area contributed by atoms with E-state index in [9.17, 15) is 0 Å². The Morgan fingerprint density at radius 1 is 0.531 bits per heavy atom. The molecule has 7 aromatic carbocycles. The number of unbranched alkanes of at least 4 members (excludes halogenated alkanes) is 2. The van der Waals surface area contributed by atoms with Crippen molar-refractivity contribution in [2.24, 2.45) is 0 Å². The van der Waals surface area contributed by atoms with Gasteiger partial charge in [-0.05, 0) is 64.3 Å². The van der Waals surface area contributed by atoms with Crippen molar-refractivity contribution in [2.45, 2.75) is 124 Å². The molecule has 0 fully saturated rings. The second-order valence-corrected chi connectivity index (χ2v) is 20.8. The predicted octanol–water partition coefficient (Wildman–Crippen LogP) is 10.3. The van der Waals surface area contributed by atoms with Crippen LogP contribution in [0.4, 0.5) is 0 Å². The van der Waals surface area contributed by atoms with Gasteiger partial charge in [-0.15, -0.1) is 28.8 Å². The van der Waals surface area contributed by atoms with E-state index >= 15 is 0 Å². The van der Waals surface area contributed by atoms with Gasteiger partial charge in [0.25, 0.3) is 0 Å². The molecular weight excluding hydrogens is 895 g/mol. The topological polar surface area (TPSA) is 0 Å². The van der Waals surface area contributed by atoms with Crippen molar-refractivity contribution in [1.29, 1.82) is 0 Å². The molecule has 0 heterocycles. The van der Waals surface area contributed by atoms with Gasteiger partial charge in [0.05, 0.1) is 0 Å². The van der Waals surface area contributed by atoms with Crippen molar-refractivity contribution in [3.63, 3.8) is 0 Å². The summed E-state index contributed by atoms with van der Waals surface area (Å²) in [5.74, 6) is 0. The van der Waals surface area contributed by atoms with Gasteiger partial charge in [-0.25, -0.2) is 12.1 Å². The van der Waals surface area contributed by atoms with Crippen molar-refractivity contribution in [3.8, 4) is 33.4 Å². The molecule has 0 atom stereocenters. The monoisotopic (exact) mass is 960 g/mol. The summed E-state index contributed by atoms with van der Waals surface area (Å²) in [6.45, 7) is 18.7. The smallest absolute Gasteiger partial charge is 0.172 e. The van der Waals surface area contributed by atoms with Gasteiger partial charge in [0.1, 0.15) is 0 Å². The van der Waals surface area contributed by atoms with Gasteiger partial charge in [-0.3, -0.25) is 0 Å². The molecule has 0 unspecified atom stereocenters. The zero-order valence-corrected chi connectivity index (χ0v) is 43.6. The molecule has 0 nitrogen and oxygen atoms in total. The predicted molar refractivity (Wildman–Crippen MR) is 266 cm³/mol. The molecule has 7 aromatic rings. The first-order valence-electron chi connectivity index (χ1n) is 23.1. The average molecular weight is 963 g/mol. The molecule has 0 aliphatic heterocycles. The summed E-state index contributed by atoms with van der Waals surface area (Å²) in [4.78, 5) is 0. The number of hydrogen-bond donors (Lipinski definition) is 0. The van der Waals surface area contributed by atoms with E-state index in [0.717, 1.165) is 32.1 Å². The standard InChI is InChI=1S/C41H49.C15H14.C5H5.2ClH.Zr/c1-9-11-17-28-19-13-15-21-32(28)36-24-30-23-31-25-37(33-22-16-14-20-29(33)18-12-10-2)39(41(6,7)8)27-35(31)34(30)26-38(36)40(3,4)5;1-3-8-14(9-4-1)12-7-13-15-10-5-2-6-11-15;1-2-4-5-3-1;;;/h13-16,19-22,24,26-27H,9-12,17-18,23H2,1-8H3;1-6,8-11H,12-13H2;1-5H;2*1H;/q-1;;-1;;;+2/p-2. The van der Waals surface area contributed by atoms with Crippen LogP contribution in [0.3, 0.4) is 0 Å². The molecule has 332 valence electrons. The first-order chi connectivity index (χ1) is 29.9. The van der Waals surface area contributed by atoms with Crippen LogP contribution in [0, 0.1) is 6.07 Å². The fourth-order valence-corrected chi connectivity index (χ4v) is 9.64. The molecular formula is C61H68Cl2Zr-2. The number of aryl methyl sites for hydroxylation is 2. The van der Waals surface area contributed by atoms with E-state index in [4.69, 9.17) is 0 Å². The van der Waals surface area contributed by atoms with E-state index in [1.54, 1.807) is 27.4 Å². The molecule has 0 N–H and O–H groups in total. The third kappa shape index (κ3) is 14.3. The Morgan fingerprint density at radius 3 is 1.48 bits per heavy atom. The summed E-state index contributed by atoms with van der Waals surface area (Å²) in [6.07, 6.45) is 10.3. The van der Waals surface area contributed by atoms with E-state index in [-0.39, 0.29) is 35.6 Å². The maximum absolute atomic E-state index is 4.04. The van der Waals surface area contributed by atoms with Gasteiger partial charge in [0, 0.05) is 0 Å². The van der Waals surface area contributed by atoms with E-state index < -0.39 is 0 Å². The number of fused-ring (bicyclic) bond motifs is 3. The van der Waals surface area contributed by atoms with Crippen molar-refractivity contribution < 1.29 is 49.0 Å². The maximum Gasteiger partial charge on any atom is -0.172 e. The molecule has 64 heavy (non-hydrogen) atoms. The van der Waals surface area contributed by atoms with Crippen LogP contribution in [0.2, 0.25) is 0 Å². The molecule has 1 aliphatic carbocycles. The number of halogens is 2. The van der Waals surface area contributed by atoms with Gasteiger partial charge in [0.2, 0.25) is 0 Å². The third-order valence-corrected chi connectivity index (χ3v) is 12.8. The Kier molecular flexibility index (Phi) is 20.6. The molecule has 0 spiro atoms. The normalized spacial score (nSPS) is 11.4. The molecule has 0 radical (unpaired) electrons. The first kappa shape index (κ1) is 52.6. The van der Waals surface area contributed by atoms with E-state index in [2.05, 4.69) is 189 Å². The van der Waals surface area contributed by atoms with Crippen LogP contribution in [0.15, 0.2) is 158 Å². The number of hydrogen-bond acceptors (Lipinski definition) is 0. The third-order valence-electron chi connectivity index (χ3n) is 11.9. The Labute approximate surface area is 414 Å². The van der Waals surface area contributed by atoms with E-state index in [1.807, 2.05) is 30.3 Å². The van der Waals surface area contributed by atoms with Crippen LogP contribution < -0.4 is 24.8 Å². The molecule has 0 bridgehead atoms. The molecule has 1 aliphatic rings. The van der Waals surface area contributed by atoms with Crippen LogP contribution in [-0.4, -0.2) is 3.21 Å². The van der Waals surface area contributed by atoms with Crippen LogP contribution in [0.1, 0.15) is 126 Å². The zero-order chi connectivity index (χ0) is 44.1. The van der Waals surface area contributed by atoms with Crippen LogP contribution in [0.25, 0.3) is 33.4 Å². The Balaban J connectivity index is 0.000000321. The van der Waals surface area contributed by atoms with Gasteiger partial charge in [0.15, 0.2) is 0 Å². The summed E-state index contributed by atoms with van der Waals surface area (Å²) < 4.78 is 1.60. The first-order valence-corrected chi connectivity index (χ1v) is 24.3. The van der Waals surface area contributed by atoms with Crippen LogP contribution in [0.5, 0.6) is 0 Å². The van der Waals surface area contributed by atoms with Crippen LogP contribution in [-0.2, 0) is 67.2 Å². The quantitative estimate of drug-likeness (QED) is 0.107. The molecule has 8 rings (SSSR count). The fourth-order valence-electron chi connectivity index (χ4n) is 8.63. The summed E-state index contributed by atoms with van der Waals surface area (Å²) in [6, 6.07) is 61.2. The minimum atomic E-state index is 0. The van der Waals surface area contributed by atoms with Crippen molar-refractivity contribution in [2.75, 3.05) is 0 Å². The summed E-state index contributed by atoms with van der Waals surface area (Å²) in [5, 5.41) is 0. The second-order valence-electron chi connectivity index (χ2n) is 19.1. The molecule has 0 saturated heterocycles. The minimum Gasteiger partial charge on any atom is -0.214 e. The Bertz CT molecular complexity index is 2300. The number of benzene rings is 6. The van der Waals surface area contributed by atoms with Gasteiger partial charge in [-0.2, -0.15) is 18.2 Å². The van der Waals surface area contributed by atoms with Crippen molar-refractivity contribution in [1.82, 2.24) is 0 Å². The fraction of sp³-hybridized carbons (Fsp3) is 0.311. The summed E-state index contributed by atoms with van der Waals surface area (Å²) in [5.41, 5.74) is 19.8.